The van der Waals surface area contributed by atoms with Gasteiger partial charge in [0.25, 0.3) is 0 Å². The van der Waals surface area contributed by atoms with Crippen LogP contribution < -0.4 is 5.73 Å². The smallest absolute Gasteiger partial charge is 0.222 e. The number of ether oxygens (including phenoxy) is 2. The van der Waals surface area contributed by atoms with E-state index in [4.69, 9.17) is 38.4 Å². The molecule has 5 nitrogen and oxygen atoms in total. The molecule has 96 valence electrons. The highest BCUT2D eigenvalue weighted by Crippen LogP contribution is 2.24. The van der Waals surface area contributed by atoms with Gasteiger partial charge in [-0.15, -0.1) is 0 Å². The van der Waals surface area contributed by atoms with E-state index in [0.717, 1.165) is 0 Å². The summed E-state index contributed by atoms with van der Waals surface area (Å²) in [5.41, 5.74) is 6.00. The predicted octanol–water partition coefficient (Wildman–Crippen LogP) is 2.31. The molecule has 1 aromatic heterocycles. The van der Waals surface area contributed by atoms with E-state index < -0.39 is 6.29 Å². The molecular weight excluding hydrogens is 265 g/mol. The Morgan fingerprint density at radius 2 is 1.59 bits per heavy atom. The van der Waals surface area contributed by atoms with Gasteiger partial charge in [0.05, 0.1) is 0 Å². The lowest BCUT2D eigenvalue weighted by Gasteiger charge is -2.17. The average molecular weight is 280 g/mol. The summed E-state index contributed by atoms with van der Waals surface area (Å²) in [5.74, 6) is 0.0492. The highest BCUT2D eigenvalue weighted by Gasteiger charge is 2.17. The molecule has 0 radical (unpaired) electrons. The van der Waals surface area contributed by atoms with Crippen LogP contribution >= 0.6 is 23.2 Å². The fourth-order valence-electron chi connectivity index (χ4n) is 1.32. The molecule has 2 N–H and O–H groups in total. The van der Waals surface area contributed by atoms with Crippen molar-refractivity contribution in [2.24, 2.45) is 0 Å². The third kappa shape index (κ3) is 4.27. The lowest BCUT2D eigenvalue weighted by molar-refractivity contribution is -0.134. The molecule has 0 unspecified atom stereocenters. The zero-order valence-electron chi connectivity index (χ0n) is 9.74. The second-order valence-electron chi connectivity index (χ2n) is 3.19. The van der Waals surface area contributed by atoms with Crippen molar-refractivity contribution < 1.29 is 9.47 Å². The standard InChI is InChI=1S/C10H15Cl2N3O2/c1-3-16-7(17-4-2)5-6-8(11)14-10(13)15-9(6)12/h7H,3-5H2,1-2H3,(H2,13,14,15). The molecule has 0 fully saturated rings. The van der Waals surface area contributed by atoms with Crippen molar-refractivity contribution in [2.75, 3.05) is 18.9 Å². The van der Waals surface area contributed by atoms with Gasteiger partial charge in [-0.05, 0) is 13.8 Å². The number of hydrogen-bond acceptors (Lipinski definition) is 5. The van der Waals surface area contributed by atoms with Crippen LogP contribution in [0.1, 0.15) is 19.4 Å². The van der Waals surface area contributed by atoms with Crippen LogP contribution in [-0.4, -0.2) is 29.5 Å². The van der Waals surface area contributed by atoms with Crippen LogP contribution in [0.15, 0.2) is 0 Å². The van der Waals surface area contributed by atoms with Crippen molar-refractivity contribution in [3.63, 3.8) is 0 Å². The van der Waals surface area contributed by atoms with Crippen molar-refractivity contribution in [1.29, 1.82) is 0 Å². The topological polar surface area (TPSA) is 70.3 Å². The van der Waals surface area contributed by atoms with Crippen molar-refractivity contribution in [2.45, 2.75) is 26.6 Å². The van der Waals surface area contributed by atoms with E-state index in [2.05, 4.69) is 9.97 Å². The summed E-state index contributed by atoms with van der Waals surface area (Å²) in [6.45, 7) is 4.84. The normalized spacial score (nSPS) is 11.1. The molecule has 17 heavy (non-hydrogen) atoms. The van der Waals surface area contributed by atoms with Gasteiger partial charge in [-0.25, -0.2) is 9.97 Å². The van der Waals surface area contributed by atoms with Crippen LogP contribution in [-0.2, 0) is 15.9 Å². The molecule has 1 aromatic rings. The molecule has 0 spiro atoms. The van der Waals surface area contributed by atoms with Crippen molar-refractivity contribution in [3.8, 4) is 0 Å². The zero-order valence-corrected chi connectivity index (χ0v) is 11.3. The van der Waals surface area contributed by atoms with Gasteiger partial charge in [0.2, 0.25) is 5.95 Å². The molecule has 0 bridgehead atoms. The summed E-state index contributed by atoms with van der Waals surface area (Å²) in [4.78, 5) is 7.69. The fourth-order valence-corrected chi connectivity index (χ4v) is 1.87. The van der Waals surface area contributed by atoms with E-state index in [9.17, 15) is 0 Å². The molecule has 0 aliphatic heterocycles. The Kier molecular flexibility index (Phi) is 5.91. The summed E-state index contributed by atoms with van der Waals surface area (Å²) in [6.07, 6.45) is -0.0215. The second kappa shape index (κ2) is 6.96. The minimum absolute atomic E-state index is 0.0492. The number of anilines is 1. The number of nitrogens with two attached hydrogens (primary N) is 1. The number of rotatable bonds is 6. The number of nitrogens with zero attached hydrogens (tertiary/aromatic N) is 2. The molecule has 0 atom stereocenters. The Labute approximate surface area is 110 Å². The van der Waals surface area contributed by atoms with Gasteiger partial charge in [0, 0.05) is 25.2 Å². The highest BCUT2D eigenvalue weighted by molar-refractivity contribution is 6.34. The van der Waals surface area contributed by atoms with Crippen LogP contribution in [0.3, 0.4) is 0 Å². The van der Waals surface area contributed by atoms with Crippen molar-refractivity contribution in [3.05, 3.63) is 15.9 Å². The first kappa shape index (κ1) is 14.4. The zero-order chi connectivity index (χ0) is 12.8. The van der Waals surface area contributed by atoms with Gasteiger partial charge in [-0.3, -0.25) is 0 Å². The fraction of sp³-hybridized carbons (Fsp3) is 0.600. The maximum atomic E-state index is 5.95. The molecule has 0 saturated heterocycles. The minimum atomic E-state index is -0.410. The second-order valence-corrected chi connectivity index (χ2v) is 3.90. The van der Waals surface area contributed by atoms with E-state index in [1.807, 2.05) is 13.8 Å². The summed E-state index contributed by atoms with van der Waals surface area (Å²) in [6, 6.07) is 0. The summed E-state index contributed by atoms with van der Waals surface area (Å²) >= 11 is 11.9. The van der Waals surface area contributed by atoms with Gasteiger partial charge in [0.1, 0.15) is 10.3 Å². The summed E-state index contributed by atoms with van der Waals surface area (Å²) < 4.78 is 10.8. The molecular formula is C10H15Cl2N3O2. The lowest BCUT2D eigenvalue weighted by Crippen LogP contribution is -2.21. The van der Waals surface area contributed by atoms with Crippen LogP contribution in [0.5, 0.6) is 0 Å². The quantitative estimate of drug-likeness (QED) is 0.639. The molecule has 0 amide bonds. The molecule has 0 saturated carbocycles. The van der Waals surface area contributed by atoms with Gasteiger partial charge < -0.3 is 15.2 Å². The van der Waals surface area contributed by atoms with E-state index >= 15 is 0 Å². The Morgan fingerprint density at radius 1 is 1.12 bits per heavy atom. The van der Waals surface area contributed by atoms with E-state index in [1.165, 1.54) is 0 Å². The molecule has 1 heterocycles. The molecule has 1 rings (SSSR count). The van der Waals surface area contributed by atoms with Gasteiger partial charge >= 0.3 is 0 Å². The van der Waals surface area contributed by atoms with Crippen molar-refractivity contribution in [1.82, 2.24) is 9.97 Å². The van der Waals surface area contributed by atoms with Gasteiger partial charge in [-0.1, -0.05) is 23.2 Å². The molecule has 7 heteroatoms. The van der Waals surface area contributed by atoms with Crippen molar-refractivity contribution >= 4 is 29.2 Å². The Morgan fingerprint density at radius 3 is 2.00 bits per heavy atom. The first-order chi connectivity index (χ1) is 8.08. The lowest BCUT2D eigenvalue weighted by atomic mass is 10.2. The average Bonchev–Trinajstić information content (AvgIpc) is 2.23. The minimum Gasteiger partial charge on any atom is -0.368 e. The van der Waals surface area contributed by atoms with E-state index in [-0.39, 0.29) is 16.3 Å². The number of aromatic nitrogens is 2. The predicted molar refractivity (Wildman–Crippen MR) is 67.2 cm³/mol. The third-order valence-electron chi connectivity index (χ3n) is 2.00. The van der Waals surface area contributed by atoms with Crippen LogP contribution in [0.25, 0.3) is 0 Å². The van der Waals surface area contributed by atoms with Crippen LogP contribution in [0.4, 0.5) is 5.95 Å². The third-order valence-corrected chi connectivity index (χ3v) is 2.62. The Balaban J connectivity index is 2.84. The number of nitrogen functional groups attached to an aromatic ring is 1. The molecule has 0 aliphatic rings. The molecule has 0 aromatic carbocycles. The maximum absolute atomic E-state index is 5.95. The van der Waals surface area contributed by atoms with Gasteiger partial charge in [0.15, 0.2) is 6.29 Å². The largest absolute Gasteiger partial charge is 0.368 e. The first-order valence-electron chi connectivity index (χ1n) is 5.29. The summed E-state index contributed by atoms with van der Waals surface area (Å²) in [7, 11) is 0. The maximum Gasteiger partial charge on any atom is 0.222 e. The highest BCUT2D eigenvalue weighted by atomic mass is 35.5. The van der Waals surface area contributed by atoms with E-state index in [0.29, 0.717) is 25.2 Å². The van der Waals surface area contributed by atoms with E-state index in [1.54, 1.807) is 0 Å². The number of hydrogen-bond donors (Lipinski definition) is 1. The monoisotopic (exact) mass is 279 g/mol. The van der Waals surface area contributed by atoms with Crippen LogP contribution in [0, 0.1) is 0 Å². The SMILES string of the molecule is CCOC(Cc1c(Cl)nc(N)nc1Cl)OCC. The molecule has 0 aliphatic carbocycles. The van der Waals surface area contributed by atoms with Crippen LogP contribution in [0.2, 0.25) is 10.3 Å². The first-order valence-corrected chi connectivity index (χ1v) is 6.04. The van der Waals surface area contributed by atoms with Gasteiger partial charge in [-0.2, -0.15) is 0 Å². The number of halogens is 2. The Hall–Kier alpha value is -0.620. The Bertz CT molecular complexity index is 348. The summed E-state index contributed by atoms with van der Waals surface area (Å²) in [5, 5.41) is 0.457.